The van der Waals surface area contributed by atoms with Crippen molar-refractivity contribution in [3.63, 3.8) is 0 Å². The average Bonchev–Trinajstić information content (AvgIpc) is 3.57. The quantitative estimate of drug-likeness (QED) is 0.0180. The van der Waals surface area contributed by atoms with Gasteiger partial charge in [-0.3, -0.25) is 28.8 Å². The van der Waals surface area contributed by atoms with Crippen LogP contribution in [0.15, 0.2) is 24.3 Å². The van der Waals surface area contributed by atoms with Gasteiger partial charge in [0.2, 0.25) is 23.6 Å². The second kappa shape index (κ2) is 46.2. The number of nitrogens with one attached hydrogen (secondary N) is 5. The first kappa shape index (κ1) is 85.3. The van der Waals surface area contributed by atoms with Crippen molar-refractivity contribution in [2.75, 3.05) is 19.6 Å². The first-order valence-corrected chi connectivity index (χ1v) is 31.5. The lowest BCUT2D eigenvalue weighted by Crippen LogP contribution is -2.48. The van der Waals surface area contributed by atoms with Crippen molar-refractivity contribution in [3.8, 4) is 0 Å². The normalized spacial score (nSPS) is 12.6. The fourth-order valence-electron chi connectivity index (χ4n) is 8.86. The molecule has 1 aromatic rings. The van der Waals surface area contributed by atoms with E-state index in [0.29, 0.717) is 90.3 Å². The van der Waals surface area contributed by atoms with Crippen molar-refractivity contribution in [1.82, 2.24) is 26.6 Å². The van der Waals surface area contributed by atoms with Gasteiger partial charge >= 0.3 is 30.5 Å². The highest BCUT2D eigenvalue weighted by atomic mass is 127. The molecule has 0 saturated carbocycles. The highest BCUT2D eigenvalue weighted by Gasteiger charge is 2.34. The Labute approximate surface area is 531 Å². The van der Waals surface area contributed by atoms with Crippen molar-refractivity contribution < 1.29 is 76.6 Å². The zero-order chi connectivity index (χ0) is 67.5. The lowest BCUT2D eigenvalue weighted by Gasteiger charge is -2.35. The van der Waals surface area contributed by atoms with Gasteiger partial charge in [0.05, 0.1) is 6.04 Å². The molecule has 5 amide bonds. The minimum atomic E-state index is -1.19. The predicted molar refractivity (Wildman–Crippen MR) is 336 cm³/mol. The van der Waals surface area contributed by atoms with Crippen molar-refractivity contribution in [1.29, 1.82) is 0 Å². The molecular weight excluding hydrogens is 1230 g/mol. The van der Waals surface area contributed by atoms with E-state index in [1.165, 1.54) is 5.56 Å². The van der Waals surface area contributed by atoms with E-state index in [1.54, 1.807) is 41.5 Å². The fraction of sp³-hybridized carbons (Fsp3) is 0.738. The molecule has 0 aromatic heterocycles. The summed E-state index contributed by atoms with van der Waals surface area (Å²) >= 11 is 2.26. The fourth-order valence-corrected chi connectivity index (χ4v) is 9.22. The van der Waals surface area contributed by atoms with Crippen LogP contribution in [0.2, 0.25) is 0 Å². The van der Waals surface area contributed by atoms with Gasteiger partial charge in [-0.25, -0.2) is 9.59 Å². The van der Waals surface area contributed by atoms with Crippen LogP contribution in [0, 0.1) is 31.7 Å². The molecule has 87 heavy (non-hydrogen) atoms. The summed E-state index contributed by atoms with van der Waals surface area (Å²) in [6, 6.07) is 6.87. The van der Waals surface area contributed by atoms with Gasteiger partial charge in [0, 0.05) is 67.3 Å². The average molecular weight is 1340 g/mol. The number of carbonyl (C=O) groups is 8. The molecular formula is C65H106IN5O16. The SMILES string of the molecule is CC(C)(C)CCC(CC(=O)NC(CCC(=O)NCCCCCCCC(=O)CC(CCCCNC(=O)OC(C)(C)C)C(=O)N[C@@H](CCCCNC(=O)CCCc1ccc(I)cc1)C(=O)C(=O)OC(C)(C)C)C(C)(C)C)C(C)(C)C.O=C=O.O=C=O.O=C=O. The van der Waals surface area contributed by atoms with Gasteiger partial charge in [0.25, 0.3) is 5.78 Å². The van der Waals surface area contributed by atoms with E-state index in [4.69, 9.17) is 38.2 Å². The molecule has 0 aliphatic carbocycles. The molecule has 0 spiro atoms. The van der Waals surface area contributed by atoms with Gasteiger partial charge in [-0.2, -0.15) is 28.8 Å². The van der Waals surface area contributed by atoms with Crippen LogP contribution in [0.3, 0.4) is 0 Å². The summed E-state index contributed by atoms with van der Waals surface area (Å²) < 4.78 is 11.9. The molecule has 21 nitrogen and oxygen atoms in total. The number of ketones is 2. The highest BCUT2D eigenvalue weighted by molar-refractivity contribution is 14.1. The van der Waals surface area contributed by atoms with E-state index in [2.05, 4.69) is 124 Å². The van der Waals surface area contributed by atoms with Gasteiger partial charge in [-0.05, 0) is 181 Å². The number of unbranched alkanes of at least 4 members (excludes halogenated alkanes) is 6. The lowest BCUT2D eigenvalue weighted by molar-refractivity contribution is -0.193. The summed E-state index contributed by atoms with van der Waals surface area (Å²) in [7, 11) is 0. The summed E-state index contributed by atoms with van der Waals surface area (Å²) in [4.78, 5) is 154. The molecule has 1 aromatic carbocycles. The number of amides is 5. The van der Waals surface area contributed by atoms with Gasteiger partial charge in [-0.1, -0.05) is 100 Å². The summed E-state index contributed by atoms with van der Waals surface area (Å²) in [5.74, 6) is -3.14. The molecule has 3 unspecified atom stereocenters. The number of halogens is 1. The molecule has 0 aliphatic rings. The number of alkyl carbamates (subject to hydrolysis) is 1. The Hall–Kier alpha value is -5.95. The molecule has 0 radical (unpaired) electrons. The molecule has 494 valence electrons. The minimum Gasteiger partial charge on any atom is -0.454 e. The largest absolute Gasteiger partial charge is 0.454 e. The van der Waals surface area contributed by atoms with Gasteiger partial charge in [0.15, 0.2) is 0 Å². The number of carbonyl (C=O) groups excluding carboxylic acids is 14. The van der Waals surface area contributed by atoms with Crippen LogP contribution in [-0.2, 0) is 78.2 Å². The Bertz CT molecular complexity index is 2280. The first-order chi connectivity index (χ1) is 40.3. The van der Waals surface area contributed by atoms with Crippen LogP contribution < -0.4 is 26.6 Å². The summed E-state index contributed by atoms with van der Waals surface area (Å²) in [5.41, 5.74) is -0.438. The van der Waals surface area contributed by atoms with E-state index in [0.717, 1.165) is 48.5 Å². The molecule has 0 heterocycles. The van der Waals surface area contributed by atoms with Crippen LogP contribution >= 0.6 is 22.6 Å². The monoisotopic (exact) mass is 1340 g/mol. The highest BCUT2D eigenvalue weighted by Crippen LogP contribution is 2.36. The second-order valence-corrected chi connectivity index (χ2v) is 28.4. The number of esters is 1. The van der Waals surface area contributed by atoms with Crippen molar-refractivity contribution >= 4 is 88.3 Å². The molecule has 5 N–H and O–H groups in total. The standard InChI is InChI=1S/C62H106IN5O10.3CO2/c1-58(2,3)38-37-46(59(4,5)6)43-53(72)68-50(60(7,8)9)35-36-52(71)65-39-22-18-16-17-19-28-48(69)42-45(27-20-23-41-66-57(76)78-62(13,14)15)55(74)67-49(54(73)56(75)77-61(10,11)12)29-21-24-40-64-51(70)30-25-26-44-31-33-47(63)34-32-44;3*2-1-3/h31-34,45-46,49-50H,16-30,35-43H2,1-15H3,(H,64,70)(H,65,71)(H,66,76)(H,67,74)(H,68,72);;;/t45?,46?,49-,50?;;;/m0.../s1. The Kier molecular flexibility index (Phi) is 45.3. The van der Waals surface area contributed by atoms with E-state index in [1.807, 2.05) is 12.1 Å². The number of hydrogen-bond acceptors (Lipinski definition) is 16. The zero-order valence-corrected chi connectivity index (χ0v) is 57.2. The maximum absolute atomic E-state index is 14.1. The number of ether oxygens (including phenoxy) is 2. The summed E-state index contributed by atoms with van der Waals surface area (Å²) in [5, 5.41) is 14.8. The van der Waals surface area contributed by atoms with Gasteiger partial charge < -0.3 is 36.1 Å². The zero-order valence-electron chi connectivity index (χ0n) is 55.0. The Morgan fingerprint density at radius 3 is 1.48 bits per heavy atom. The molecule has 4 atom stereocenters. The third-order valence-corrected chi connectivity index (χ3v) is 14.4. The molecule has 1 rings (SSSR count). The van der Waals surface area contributed by atoms with Crippen LogP contribution in [-0.4, -0.2) is 109 Å². The van der Waals surface area contributed by atoms with E-state index < -0.39 is 46.9 Å². The predicted octanol–water partition coefficient (Wildman–Crippen LogP) is 10.5. The third kappa shape index (κ3) is 50.7. The smallest absolute Gasteiger partial charge is 0.407 e. The molecule has 0 aliphatic heterocycles. The number of Topliss-reactive ketones (excluding diaryl/α,β-unsaturated/α-hetero) is 2. The van der Waals surface area contributed by atoms with Crippen molar-refractivity contribution in [2.45, 2.75) is 262 Å². The number of benzene rings is 1. The van der Waals surface area contributed by atoms with Gasteiger partial charge in [0.1, 0.15) is 17.0 Å². The maximum Gasteiger partial charge on any atom is 0.407 e. The third-order valence-electron chi connectivity index (χ3n) is 13.6. The lowest BCUT2D eigenvalue weighted by atomic mass is 9.73. The Morgan fingerprint density at radius 2 is 0.977 bits per heavy atom. The summed E-state index contributed by atoms with van der Waals surface area (Å²) in [6.45, 7) is 31.1. The molecule has 0 fully saturated rings. The second-order valence-electron chi connectivity index (χ2n) is 27.1. The Balaban J connectivity index is -0.00000734. The minimum absolute atomic E-state index is 0.00391. The van der Waals surface area contributed by atoms with E-state index in [-0.39, 0.29) is 89.4 Å². The maximum atomic E-state index is 14.1. The summed E-state index contributed by atoms with van der Waals surface area (Å²) in [6.07, 6.45) is 12.0. The first-order valence-electron chi connectivity index (χ1n) is 30.4. The number of aryl methyl sites for hydroxylation is 1. The molecule has 0 bridgehead atoms. The van der Waals surface area contributed by atoms with Crippen LogP contribution in [0.1, 0.15) is 238 Å². The molecule has 22 heteroatoms. The number of hydrogen-bond donors (Lipinski definition) is 5. The molecule has 0 saturated heterocycles. The Morgan fingerprint density at radius 1 is 0.494 bits per heavy atom. The number of rotatable bonds is 36. The van der Waals surface area contributed by atoms with Gasteiger partial charge in [-0.15, -0.1) is 0 Å². The van der Waals surface area contributed by atoms with E-state index >= 15 is 0 Å². The topological polar surface area (TPSA) is 318 Å². The van der Waals surface area contributed by atoms with Crippen molar-refractivity contribution in [2.24, 2.45) is 28.1 Å². The van der Waals surface area contributed by atoms with Crippen LogP contribution in [0.25, 0.3) is 0 Å². The van der Waals surface area contributed by atoms with E-state index in [9.17, 15) is 38.4 Å². The van der Waals surface area contributed by atoms with Crippen LogP contribution in [0.5, 0.6) is 0 Å². The van der Waals surface area contributed by atoms with Crippen molar-refractivity contribution in [3.05, 3.63) is 33.4 Å². The van der Waals surface area contributed by atoms with Crippen LogP contribution in [0.4, 0.5) is 4.79 Å².